The van der Waals surface area contributed by atoms with Crippen molar-refractivity contribution in [2.75, 3.05) is 0 Å². The van der Waals surface area contributed by atoms with Crippen LogP contribution in [0.3, 0.4) is 0 Å². The Kier molecular flexibility index (Phi) is 4.21. The molecule has 108 valence electrons. The zero-order valence-electron chi connectivity index (χ0n) is 13.1. The summed E-state index contributed by atoms with van der Waals surface area (Å²) in [5.41, 5.74) is 1.31. The van der Waals surface area contributed by atoms with Crippen LogP contribution in [0.1, 0.15) is 37.5 Å². The average Bonchev–Trinajstić information content (AvgIpc) is 2.44. The summed E-state index contributed by atoms with van der Waals surface area (Å²) in [6, 6.07) is 17.7. The Morgan fingerprint density at radius 1 is 0.905 bits per heavy atom. The van der Waals surface area contributed by atoms with Crippen LogP contribution in [0.4, 0.5) is 0 Å². The van der Waals surface area contributed by atoms with Crippen molar-refractivity contribution in [3.05, 3.63) is 71.3 Å². The Labute approximate surface area is 127 Å². The average molecular weight is 278 g/mol. The topological polar surface area (TPSA) is 20.2 Å². The Hall–Kier alpha value is -2.04. The van der Waals surface area contributed by atoms with Gasteiger partial charge in [0.25, 0.3) is 0 Å². The van der Waals surface area contributed by atoms with Crippen LogP contribution >= 0.6 is 0 Å². The van der Waals surface area contributed by atoms with Gasteiger partial charge in [-0.15, -0.1) is 0 Å². The molecule has 1 atom stereocenters. The van der Waals surface area contributed by atoms with E-state index in [-0.39, 0.29) is 5.41 Å². The van der Waals surface area contributed by atoms with Crippen LogP contribution < -0.4 is 0 Å². The molecule has 2 rings (SSSR count). The molecule has 0 saturated heterocycles. The molecule has 2 aromatic rings. The zero-order valence-corrected chi connectivity index (χ0v) is 13.1. The van der Waals surface area contributed by atoms with Crippen molar-refractivity contribution in [1.82, 2.24) is 0 Å². The maximum absolute atomic E-state index is 11.2. The van der Waals surface area contributed by atoms with E-state index in [1.54, 1.807) is 0 Å². The van der Waals surface area contributed by atoms with E-state index in [1.165, 1.54) is 0 Å². The van der Waals surface area contributed by atoms with Crippen molar-refractivity contribution in [3.63, 3.8) is 0 Å². The molecule has 0 aliphatic carbocycles. The number of aryl methyl sites for hydroxylation is 1. The van der Waals surface area contributed by atoms with Gasteiger partial charge in [0.2, 0.25) is 0 Å². The highest BCUT2D eigenvalue weighted by Gasteiger charge is 2.40. The molecule has 2 aromatic carbocycles. The molecule has 0 radical (unpaired) electrons. The van der Waals surface area contributed by atoms with Crippen molar-refractivity contribution >= 4 is 0 Å². The second kappa shape index (κ2) is 5.76. The van der Waals surface area contributed by atoms with Gasteiger partial charge in [-0.05, 0) is 24.6 Å². The third-order valence-corrected chi connectivity index (χ3v) is 3.68. The van der Waals surface area contributed by atoms with Gasteiger partial charge < -0.3 is 5.11 Å². The molecule has 0 saturated carbocycles. The molecule has 1 heteroatoms. The highest BCUT2D eigenvalue weighted by atomic mass is 16.3. The van der Waals surface area contributed by atoms with Crippen molar-refractivity contribution in [2.24, 2.45) is 5.41 Å². The molecule has 21 heavy (non-hydrogen) atoms. The predicted molar refractivity (Wildman–Crippen MR) is 87.9 cm³/mol. The molecule has 0 aliphatic heterocycles. The molecular formula is C20H22O. The summed E-state index contributed by atoms with van der Waals surface area (Å²) in [6.45, 7) is 8.05. The standard InChI is InChI=1S/C20H22O/c1-16-9-8-12-18(15-16)20(21,19(2,3)4)14-13-17-10-6-5-7-11-17/h5-12,15,21H,1-4H3. The molecule has 0 bridgehead atoms. The first-order valence-electron chi connectivity index (χ1n) is 7.21. The Balaban J connectivity index is 2.52. The molecular weight excluding hydrogens is 256 g/mol. The maximum Gasteiger partial charge on any atom is 0.156 e. The fraction of sp³-hybridized carbons (Fsp3) is 0.300. The molecule has 1 unspecified atom stereocenters. The van der Waals surface area contributed by atoms with E-state index in [2.05, 4.69) is 11.8 Å². The van der Waals surface area contributed by atoms with Gasteiger partial charge in [-0.2, -0.15) is 0 Å². The summed E-state index contributed by atoms with van der Waals surface area (Å²) in [6.07, 6.45) is 0. The van der Waals surface area contributed by atoms with Gasteiger partial charge in [0.15, 0.2) is 5.60 Å². The third-order valence-electron chi connectivity index (χ3n) is 3.68. The van der Waals surface area contributed by atoms with Gasteiger partial charge in [0.05, 0.1) is 0 Å². The summed E-state index contributed by atoms with van der Waals surface area (Å²) in [7, 11) is 0. The van der Waals surface area contributed by atoms with E-state index in [1.807, 2.05) is 82.3 Å². The normalized spacial score (nSPS) is 14.0. The molecule has 0 fully saturated rings. The molecule has 0 aromatic heterocycles. The summed E-state index contributed by atoms with van der Waals surface area (Å²) < 4.78 is 0. The predicted octanol–water partition coefficient (Wildman–Crippen LogP) is 4.28. The van der Waals surface area contributed by atoms with Crippen molar-refractivity contribution in [1.29, 1.82) is 0 Å². The summed E-state index contributed by atoms with van der Waals surface area (Å²) in [4.78, 5) is 0. The number of rotatable bonds is 1. The van der Waals surface area contributed by atoms with Crippen molar-refractivity contribution in [3.8, 4) is 11.8 Å². The van der Waals surface area contributed by atoms with E-state index >= 15 is 0 Å². The lowest BCUT2D eigenvalue weighted by Gasteiger charge is -2.36. The first kappa shape index (κ1) is 15.4. The van der Waals surface area contributed by atoms with E-state index in [0.717, 1.165) is 16.7 Å². The van der Waals surface area contributed by atoms with Gasteiger partial charge >= 0.3 is 0 Å². The van der Waals surface area contributed by atoms with Gasteiger partial charge in [0, 0.05) is 11.0 Å². The fourth-order valence-corrected chi connectivity index (χ4v) is 2.25. The molecule has 1 N–H and O–H groups in total. The monoisotopic (exact) mass is 278 g/mol. The molecule has 0 spiro atoms. The lowest BCUT2D eigenvalue weighted by molar-refractivity contribution is -0.00904. The Bertz CT molecular complexity index is 668. The number of hydrogen-bond acceptors (Lipinski definition) is 1. The van der Waals surface area contributed by atoms with Gasteiger partial charge in [-0.1, -0.05) is 80.6 Å². The third kappa shape index (κ3) is 3.35. The zero-order chi connectivity index (χ0) is 15.5. The number of aliphatic hydroxyl groups is 1. The van der Waals surface area contributed by atoms with Crippen molar-refractivity contribution in [2.45, 2.75) is 33.3 Å². The minimum absolute atomic E-state index is 0.386. The lowest BCUT2D eigenvalue weighted by atomic mass is 9.72. The SMILES string of the molecule is Cc1cccc(C(O)(C#Cc2ccccc2)C(C)(C)C)c1. The minimum Gasteiger partial charge on any atom is -0.373 e. The maximum atomic E-state index is 11.2. The first-order valence-corrected chi connectivity index (χ1v) is 7.21. The van der Waals surface area contributed by atoms with Crippen LogP contribution in [-0.4, -0.2) is 5.11 Å². The van der Waals surface area contributed by atoms with Crippen molar-refractivity contribution < 1.29 is 5.11 Å². The number of hydrogen-bond donors (Lipinski definition) is 1. The van der Waals surface area contributed by atoms with Crippen LogP contribution in [-0.2, 0) is 5.60 Å². The Morgan fingerprint density at radius 2 is 1.57 bits per heavy atom. The van der Waals surface area contributed by atoms with E-state index < -0.39 is 5.60 Å². The quantitative estimate of drug-likeness (QED) is 0.772. The molecule has 0 amide bonds. The molecule has 0 heterocycles. The van der Waals surface area contributed by atoms with E-state index in [4.69, 9.17) is 0 Å². The lowest BCUT2D eigenvalue weighted by Crippen LogP contribution is -2.38. The van der Waals surface area contributed by atoms with Crippen LogP contribution in [0.2, 0.25) is 0 Å². The summed E-state index contributed by atoms with van der Waals surface area (Å²) in [5.74, 6) is 6.21. The van der Waals surface area contributed by atoms with Crippen LogP contribution in [0, 0.1) is 24.2 Å². The molecule has 1 nitrogen and oxygen atoms in total. The van der Waals surface area contributed by atoms with E-state index in [0.29, 0.717) is 0 Å². The number of benzene rings is 2. The van der Waals surface area contributed by atoms with Gasteiger partial charge in [0.1, 0.15) is 0 Å². The molecule has 0 aliphatic rings. The smallest absolute Gasteiger partial charge is 0.156 e. The highest BCUT2D eigenvalue weighted by molar-refractivity contribution is 5.42. The summed E-state index contributed by atoms with van der Waals surface area (Å²) in [5, 5.41) is 11.2. The summed E-state index contributed by atoms with van der Waals surface area (Å²) >= 11 is 0. The second-order valence-electron chi connectivity index (χ2n) is 6.45. The second-order valence-corrected chi connectivity index (χ2v) is 6.45. The van der Waals surface area contributed by atoms with E-state index in [9.17, 15) is 5.11 Å². The Morgan fingerprint density at radius 3 is 2.14 bits per heavy atom. The van der Waals surface area contributed by atoms with Gasteiger partial charge in [-0.3, -0.25) is 0 Å². The van der Waals surface area contributed by atoms with Gasteiger partial charge in [-0.25, -0.2) is 0 Å². The highest BCUT2D eigenvalue weighted by Crippen LogP contribution is 2.39. The first-order chi connectivity index (χ1) is 9.83. The largest absolute Gasteiger partial charge is 0.373 e. The van der Waals surface area contributed by atoms with Crippen LogP contribution in [0.15, 0.2) is 54.6 Å². The minimum atomic E-state index is -1.19. The van der Waals surface area contributed by atoms with Crippen LogP contribution in [0.25, 0.3) is 0 Å². The van der Waals surface area contributed by atoms with Crippen LogP contribution in [0.5, 0.6) is 0 Å². The fourth-order valence-electron chi connectivity index (χ4n) is 2.25.